The van der Waals surface area contributed by atoms with Gasteiger partial charge < -0.3 is 19.5 Å². The van der Waals surface area contributed by atoms with Crippen LogP contribution in [-0.4, -0.2) is 43.3 Å². The lowest BCUT2D eigenvalue weighted by Gasteiger charge is -2.24. The molecular weight excluding hydrogens is 328 g/mol. The Labute approximate surface area is 156 Å². The number of aromatic nitrogens is 1. The van der Waals surface area contributed by atoms with Crippen LogP contribution >= 0.6 is 0 Å². The maximum Gasteiger partial charge on any atom is 0.193 e. The third-order valence-corrected chi connectivity index (χ3v) is 4.38. The van der Waals surface area contributed by atoms with E-state index >= 15 is 0 Å². The number of aryl methyl sites for hydroxylation is 2. The molecule has 0 fully saturated rings. The van der Waals surface area contributed by atoms with Crippen LogP contribution in [0.3, 0.4) is 0 Å². The Morgan fingerprint density at radius 3 is 2.54 bits per heavy atom. The summed E-state index contributed by atoms with van der Waals surface area (Å²) in [7, 11) is 3.84. The lowest BCUT2D eigenvalue weighted by atomic mass is 10.00. The molecular formula is C20H30N4O2. The van der Waals surface area contributed by atoms with E-state index in [0.29, 0.717) is 6.61 Å². The molecule has 6 nitrogen and oxygen atoms in total. The van der Waals surface area contributed by atoms with E-state index in [1.807, 2.05) is 40.0 Å². The fourth-order valence-corrected chi connectivity index (χ4v) is 3.13. The van der Waals surface area contributed by atoms with Gasteiger partial charge in [0.25, 0.3) is 0 Å². The predicted octanol–water partition coefficient (Wildman–Crippen LogP) is 3.50. The molecule has 1 unspecified atom stereocenters. The van der Waals surface area contributed by atoms with Crippen LogP contribution in [0.2, 0.25) is 0 Å². The molecule has 26 heavy (non-hydrogen) atoms. The third-order valence-electron chi connectivity index (χ3n) is 4.38. The smallest absolute Gasteiger partial charge is 0.193 e. The average molecular weight is 358 g/mol. The number of guanidine groups is 1. The van der Waals surface area contributed by atoms with E-state index in [0.717, 1.165) is 36.3 Å². The van der Waals surface area contributed by atoms with Gasteiger partial charge in [-0.1, -0.05) is 24.2 Å². The van der Waals surface area contributed by atoms with Gasteiger partial charge in [0, 0.05) is 38.7 Å². The summed E-state index contributed by atoms with van der Waals surface area (Å²) in [6.45, 7) is 10.3. The molecule has 1 aromatic carbocycles. The monoisotopic (exact) mass is 358 g/mol. The molecule has 0 aliphatic carbocycles. The van der Waals surface area contributed by atoms with E-state index in [-0.39, 0.29) is 5.92 Å². The van der Waals surface area contributed by atoms with E-state index in [2.05, 4.69) is 39.4 Å². The minimum absolute atomic E-state index is 0.289. The highest BCUT2D eigenvalue weighted by Crippen LogP contribution is 2.22. The van der Waals surface area contributed by atoms with Crippen molar-refractivity contribution in [1.82, 2.24) is 15.4 Å². The fourth-order valence-electron chi connectivity index (χ4n) is 3.13. The maximum absolute atomic E-state index is 5.49. The summed E-state index contributed by atoms with van der Waals surface area (Å²) in [6.07, 6.45) is 0. The fraction of sp³-hybridized carbons (Fsp3) is 0.500. The van der Waals surface area contributed by atoms with Crippen LogP contribution in [0.4, 0.5) is 0 Å². The van der Waals surface area contributed by atoms with Gasteiger partial charge in [-0.25, -0.2) is 0 Å². The average Bonchev–Trinajstić information content (AvgIpc) is 2.96. The van der Waals surface area contributed by atoms with Crippen molar-refractivity contribution < 1.29 is 9.26 Å². The van der Waals surface area contributed by atoms with Crippen molar-refractivity contribution in [2.45, 2.75) is 40.2 Å². The molecule has 1 aromatic heterocycles. The molecule has 1 heterocycles. The van der Waals surface area contributed by atoms with Crippen LogP contribution in [0.1, 0.15) is 42.3 Å². The zero-order chi connectivity index (χ0) is 19.1. The van der Waals surface area contributed by atoms with Crippen molar-refractivity contribution in [2.75, 3.05) is 27.2 Å². The second kappa shape index (κ2) is 9.27. The molecule has 0 radical (unpaired) electrons. The van der Waals surface area contributed by atoms with Gasteiger partial charge in [0.2, 0.25) is 0 Å². The lowest BCUT2D eigenvalue weighted by molar-refractivity contribution is 0.340. The molecule has 2 aromatic rings. The van der Waals surface area contributed by atoms with E-state index < -0.39 is 0 Å². The minimum Gasteiger partial charge on any atom is -0.494 e. The molecule has 0 saturated heterocycles. The zero-order valence-electron chi connectivity index (χ0n) is 16.7. The number of benzene rings is 1. The second-order valence-electron chi connectivity index (χ2n) is 6.50. The Hall–Kier alpha value is -2.50. The van der Waals surface area contributed by atoms with Crippen LogP contribution in [0, 0.1) is 13.8 Å². The highest BCUT2D eigenvalue weighted by molar-refractivity contribution is 5.79. The number of nitrogens with one attached hydrogen (secondary N) is 1. The van der Waals surface area contributed by atoms with Crippen LogP contribution in [0.5, 0.6) is 5.75 Å². The van der Waals surface area contributed by atoms with Gasteiger partial charge in [0.1, 0.15) is 11.5 Å². The molecule has 142 valence electrons. The van der Waals surface area contributed by atoms with Gasteiger partial charge in [0.05, 0.1) is 12.3 Å². The normalized spacial score (nSPS) is 12.8. The summed E-state index contributed by atoms with van der Waals surface area (Å²) < 4.78 is 10.8. The molecule has 0 bridgehead atoms. The first-order chi connectivity index (χ1) is 12.5. The van der Waals surface area contributed by atoms with E-state index in [1.165, 1.54) is 11.1 Å². The Kier molecular flexibility index (Phi) is 7.06. The summed E-state index contributed by atoms with van der Waals surface area (Å²) in [4.78, 5) is 6.50. The highest BCUT2D eigenvalue weighted by atomic mass is 16.5. The summed E-state index contributed by atoms with van der Waals surface area (Å²) in [6, 6.07) is 8.17. The number of nitrogens with zero attached hydrogens (tertiary/aromatic N) is 3. The summed E-state index contributed by atoms with van der Waals surface area (Å²) in [5, 5.41) is 7.49. The van der Waals surface area contributed by atoms with Crippen molar-refractivity contribution in [2.24, 2.45) is 4.99 Å². The van der Waals surface area contributed by atoms with E-state index in [1.54, 1.807) is 7.05 Å². The molecule has 1 N–H and O–H groups in total. The van der Waals surface area contributed by atoms with Gasteiger partial charge in [-0.2, -0.15) is 0 Å². The molecule has 0 spiro atoms. The Balaban J connectivity index is 1.93. The van der Waals surface area contributed by atoms with Crippen molar-refractivity contribution >= 4 is 5.96 Å². The Bertz CT molecular complexity index is 702. The van der Waals surface area contributed by atoms with E-state index in [4.69, 9.17) is 9.26 Å². The third kappa shape index (κ3) is 5.00. The number of ether oxygens (including phenoxy) is 1. The molecule has 0 amide bonds. The molecule has 0 aliphatic heterocycles. The first-order valence-corrected chi connectivity index (χ1v) is 9.02. The number of aliphatic imine (C=N–C) groups is 1. The van der Waals surface area contributed by atoms with Crippen molar-refractivity contribution in [1.29, 1.82) is 0 Å². The topological polar surface area (TPSA) is 62.9 Å². The lowest BCUT2D eigenvalue weighted by Crippen LogP contribution is -2.40. The second-order valence-corrected chi connectivity index (χ2v) is 6.50. The standard InChI is InChI=1S/C20H30N4O2/c1-7-25-18-10-8-17(9-11-18)13-24(6)20(21-5)22-12-14(2)19-15(3)23-26-16(19)4/h8-11,14H,7,12-13H2,1-6H3,(H,21,22). The molecule has 2 rings (SSSR count). The molecule has 6 heteroatoms. The van der Waals surface area contributed by atoms with Crippen LogP contribution < -0.4 is 10.1 Å². The van der Waals surface area contributed by atoms with Gasteiger partial charge in [-0.15, -0.1) is 0 Å². The largest absolute Gasteiger partial charge is 0.494 e. The highest BCUT2D eigenvalue weighted by Gasteiger charge is 2.17. The Morgan fingerprint density at radius 1 is 1.31 bits per heavy atom. The number of hydrogen-bond donors (Lipinski definition) is 1. The van der Waals surface area contributed by atoms with Crippen molar-refractivity contribution in [3.8, 4) is 5.75 Å². The molecule has 0 aliphatic rings. The van der Waals surface area contributed by atoms with Gasteiger partial charge in [-0.3, -0.25) is 4.99 Å². The number of hydrogen-bond acceptors (Lipinski definition) is 4. The first-order valence-electron chi connectivity index (χ1n) is 9.02. The number of rotatable bonds is 7. The minimum atomic E-state index is 0.289. The van der Waals surface area contributed by atoms with Gasteiger partial charge in [0.15, 0.2) is 5.96 Å². The maximum atomic E-state index is 5.49. The van der Waals surface area contributed by atoms with Crippen LogP contribution in [-0.2, 0) is 6.54 Å². The van der Waals surface area contributed by atoms with Crippen molar-refractivity contribution in [3.05, 3.63) is 46.8 Å². The van der Waals surface area contributed by atoms with Crippen LogP contribution in [0.15, 0.2) is 33.8 Å². The van der Waals surface area contributed by atoms with Gasteiger partial charge in [-0.05, 0) is 38.5 Å². The zero-order valence-corrected chi connectivity index (χ0v) is 16.7. The van der Waals surface area contributed by atoms with Crippen molar-refractivity contribution in [3.63, 3.8) is 0 Å². The Morgan fingerprint density at radius 2 is 2.00 bits per heavy atom. The molecule has 0 saturated carbocycles. The first kappa shape index (κ1) is 19.8. The molecule has 1 atom stereocenters. The van der Waals surface area contributed by atoms with Crippen LogP contribution in [0.25, 0.3) is 0 Å². The quantitative estimate of drug-likeness (QED) is 0.606. The van der Waals surface area contributed by atoms with Gasteiger partial charge >= 0.3 is 0 Å². The SMILES string of the molecule is CCOc1ccc(CN(C)C(=NC)NCC(C)c2c(C)noc2C)cc1. The summed E-state index contributed by atoms with van der Waals surface area (Å²) in [5.74, 6) is 2.93. The predicted molar refractivity (Wildman–Crippen MR) is 105 cm³/mol. The van der Waals surface area contributed by atoms with E-state index in [9.17, 15) is 0 Å². The summed E-state index contributed by atoms with van der Waals surface area (Å²) >= 11 is 0. The summed E-state index contributed by atoms with van der Waals surface area (Å²) in [5.41, 5.74) is 3.33.